The smallest absolute Gasteiger partial charge is 0.372 e. The molecule has 29 heavy (non-hydrogen) atoms. The third kappa shape index (κ3) is 13.9. The van der Waals surface area contributed by atoms with Gasteiger partial charge in [-0.15, -0.1) is 0 Å². The van der Waals surface area contributed by atoms with Crippen molar-refractivity contribution in [3.8, 4) is 0 Å². The van der Waals surface area contributed by atoms with Crippen LogP contribution in [0.5, 0.6) is 0 Å². The minimum Gasteiger partial charge on any atom is -0.475 e. The average Bonchev–Trinajstić information content (AvgIpc) is 2.65. The van der Waals surface area contributed by atoms with Crippen LogP contribution >= 0.6 is 0 Å². The molecule has 0 aliphatic rings. The molecular weight excluding hydrogens is 362 g/mol. The Balaban J connectivity index is 1.94. The summed E-state index contributed by atoms with van der Waals surface area (Å²) in [5, 5.41) is 12.0. The maximum atomic E-state index is 11.2. The van der Waals surface area contributed by atoms with Gasteiger partial charge in [-0.1, -0.05) is 90.7 Å². The second-order valence-electron chi connectivity index (χ2n) is 9.37. The number of ketones is 1. The summed E-state index contributed by atoms with van der Waals surface area (Å²) < 4.78 is 0. The third-order valence-corrected chi connectivity index (χ3v) is 5.24. The van der Waals surface area contributed by atoms with E-state index in [2.05, 4.69) is 26.1 Å². The first-order chi connectivity index (χ1) is 13.8. The number of Topliss-reactive ketones (excluding diaryl/α,β-unsaturated/α-hetero) is 1. The first-order valence-corrected chi connectivity index (χ1v) is 11.4. The minimum absolute atomic E-state index is 0.0491. The standard InChI is InChI=1S/C25H41NO3/c1-25(2,3)18-12-10-8-6-4-5-7-9-11-13-19-26-22-16-14-21(15-17-22)20-23(27)24(28)29/h14-17,26H,4-13,18-20H2,1-3H3,(H,28,29). The van der Waals surface area contributed by atoms with Gasteiger partial charge in [-0.05, 0) is 36.0 Å². The molecule has 0 heterocycles. The summed E-state index contributed by atoms with van der Waals surface area (Å²) >= 11 is 0. The first-order valence-electron chi connectivity index (χ1n) is 11.4. The van der Waals surface area contributed by atoms with Gasteiger partial charge in [0.05, 0.1) is 0 Å². The Morgan fingerprint density at radius 3 is 1.76 bits per heavy atom. The fraction of sp³-hybridized carbons (Fsp3) is 0.680. The van der Waals surface area contributed by atoms with E-state index >= 15 is 0 Å². The van der Waals surface area contributed by atoms with Gasteiger partial charge in [0.2, 0.25) is 5.78 Å². The van der Waals surface area contributed by atoms with Crippen LogP contribution in [0.2, 0.25) is 0 Å². The lowest BCUT2D eigenvalue weighted by molar-refractivity contribution is -0.148. The lowest BCUT2D eigenvalue weighted by Gasteiger charge is -2.17. The Morgan fingerprint density at radius 1 is 0.793 bits per heavy atom. The molecule has 164 valence electrons. The molecule has 0 saturated heterocycles. The fourth-order valence-electron chi connectivity index (χ4n) is 3.43. The van der Waals surface area contributed by atoms with Crippen LogP contribution in [-0.4, -0.2) is 23.4 Å². The summed E-state index contributed by atoms with van der Waals surface area (Å²) in [6.07, 6.45) is 14.6. The second kappa shape index (κ2) is 14.2. The molecule has 0 amide bonds. The van der Waals surface area contributed by atoms with Crippen LogP contribution in [0.1, 0.15) is 97.0 Å². The molecule has 0 aliphatic heterocycles. The maximum absolute atomic E-state index is 11.2. The zero-order valence-corrected chi connectivity index (χ0v) is 18.8. The predicted octanol–water partition coefficient (Wildman–Crippen LogP) is 6.63. The van der Waals surface area contributed by atoms with Crippen LogP contribution in [0.3, 0.4) is 0 Å². The topological polar surface area (TPSA) is 66.4 Å². The maximum Gasteiger partial charge on any atom is 0.372 e. The Hall–Kier alpha value is -1.84. The largest absolute Gasteiger partial charge is 0.475 e. The number of aliphatic carboxylic acids is 1. The van der Waals surface area contributed by atoms with Crippen LogP contribution in [0.4, 0.5) is 5.69 Å². The minimum atomic E-state index is -1.37. The molecule has 0 fully saturated rings. The van der Waals surface area contributed by atoms with Crippen LogP contribution in [0.15, 0.2) is 24.3 Å². The highest BCUT2D eigenvalue weighted by molar-refractivity contribution is 6.33. The quantitative estimate of drug-likeness (QED) is 0.240. The van der Waals surface area contributed by atoms with Gasteiger partial charge in [0, 0.05) is 18.7 Å². The van der Waals surface area contributed by atoms with E-state index in [-0.39, 0.29) is 6.42 Å². The van der Waals surface area contributed by atoms with E-state index in [4.69, 9.17) is 5.11 Å². The average molecular weight is 404 g/mol. The molecule has 4 nitrogen and oxygen atoms in total. The lowest BCUT2D eigenvalue weighted by Crippen LogP contribution is -2.14. The molecule has 0 aliphatic carbocycles. The van der Waals surface area contributed by atoms with Gasteiger partial charge in [-0.2, -0.15) is 0 Å². The van der Waals surface area contributed by atoms with Crippen LogP contribution in [-0.2, 0) is 16.0 Å². The van der Waals surface area contributed by atoms with Crippen molar-refractivity contribution in [2.24, 2.45) is 5.41 Å². The number of carboxylic acid groups (broad SMARTS) is 1. The van der Waals surface area contributed by atoms with Gasteiger partial charge in [0.25, 0.3) is 0 Å². The van der Waals surface area contributed by atoms with E-state index in [1.54, 1.807) is 0 Å². The third-order valence-electron chi connectivity index (χ3n) is 5.24. The van der Waals surface area contributed by atoms with Gasteiger partial charge < -0.3 is 10.4 Å². The molecular formula is C25H41NO3. The molecule has 1 aromatic rings. The van der Waals surface area contributed by atoms with Crippen LogP contribution < -0.4 is 5.32 Å². The highest BCUT2D eigenvalue weighted by atomic mass is 16.4. The van der Waals surface area contributed by atoms with E-state index < -0.39 is 11.8 Å². The lowest BCUT2D eigenvalue weighted by atomic mass is 9.89. The van der Waals surface area contributed by atoms with Crippen molar-refractivity contribution in [3.05, 3.63) is 29.8 Å². The zero-order chi connectivity index (χ0) is 21.5. The number of hydrogen-bond acceptors (Lipinski definition) is 3. The zero-order valence-electron chi connectivity index (χ0n) is 18.8. The number of rotatable bonds is 16. The van der Waals surface area contributed by atoms with Crippen molar-refractivity contribution in [2.45, 2.75) is 97.8 Å². The molecule has 1 aromatic carbocycles. The molecule has 4 heteroatoms. The molecule has 0 spiro atoms. The number of anilines is 1. The Morgan fingerprint density at radius 2 is 1.28 bits per heavy atom. The Bertz CT molecular complexity index is 587. The van der Waals surface area contributed by atoms with E-state index in [0.717, 1.165) is 24.2 Å². The Labute approximate surface area is 177 Å². The second-order valence-corrected chi connectivity index (χ2v) is 9.37. The van der Waals surface area contributed by atoms with Crippen LogP contribution in [0.25, 0.3) is 0 Å². The SMILES string of the molecule is CC(C)(C)CCCCCCCCCCCCNc1ccc(CC(=O)C(=O)O)cc1. The molecule has 2 N–H and O–H groups in total. The van der Waals surface area contributed by atoms with E-state index in [1.807, 2.05) is 24.3 Å². The van der Waals surface area contributed by atoms with Gasteiger partial charge in [0.1, 0.15) is 0 Å². The number of carbonyl (C=O) groups excluding carboxylic acids is 1. The number of unbranched alkanes of at least 4 members (excludes halogenated alkanes) is 9. The number of hydrogen-bond donors (Lipinski definition) is 2. The van der Waals surface area contributed by atoms with Gasteiger partial charge in [0.15, 0.2) is 0 Å². The van der Waals surface area contributed by atoms with Crippen molar-refractivity contribution < 1.29 is 14.7 Å². The molecule has 0 atom stereocenters. The summed E-state index contributed by atoms with van der Waals surface area (Å²) in [5.41, 5.74) is 2.24. The summed E-state index contributed by atoms with van der Waals surface area (Å²) in [4.78, 5) is 21.8. The predicted molar refractivity (Wildman–Crippen MR) is 122 cm³/mol. The molecule has 0 saturated carbocycles. The molecule has 1 rings (SSSR count). The van der Waals surface area contributed by atoms with Crippen molar-refractivity contribution in [3.63, 3.8) is 0 Å². The van der Waals surface area contributed by atoms with Crippen LogP contribution in [0, 0.1) is 5.41 Å². The van der Waals surface area contributed by atoms with Gasteiger partial charge in [-0.3, -0.25) is 4.79 Å². The molecule has 0 bridgehead atoms. The van der Waals surface area contributed by atoms with E-state index in [9.17, 15) is 9.59 Å². The molecule has 0 aromatic heterocycles. The van der Waals surface area contributed by atoms with Crippen molar-refractivity contribution in [2.75, 3.05) is 11.9 Å². The first kappa shape index (κ1) is 25.2. The summed E-state index contributed by atoms with van der Waals surface area (Å²) in [6, 6.07) is 7.44. The fourth-order valence-corrected chi connectivity index (χ4v) is 3.43. The molecule has 0 unspecified atom stereocenters. The van der Waals surface area contributed by atoms with E-state index in [1.165, 1.54) is 64.2 Å². The van der Waals surface area contributed by atoms with Crippen molar-refractivity contribution in [1.82, 2.24) is 0 Å². The van der Waals surface area contributed by atoms with Gasteiger partial charge in [-0.25, -0.2) is 4.79 Å². The number of carboxylic acids is 1. The van der Waals surface area contributed by atoms with Crippen molar-refractivity contribution in [1.29, 1.82) is 0 Å². The number of benzene rings is 1. The van der Waals surface area contributed by atoms with E-state index in [0.29, 0.717) is 5.41 Å². The highest BCUT2D eigenvalue weighted by Gasteiger charge is 2.11. The summed E-state index contributed by atoms with van der Waals surface area (Å²) in [6.45, 7) is 7.92. The summed E-state index contributed by atoms with van der Waals surface area (Å²) in [5.74, 6) is -2.14. The number of nitrogens with one attached hydrogen (secondary N) is 1. The highest BCUT2D eigenvalue weighted by Crippen LogP contribution is 2.22. The van der Waals surface area contributed by atoms with Crippen molar-refractivity contribution >= 4 is 17.4 Å². The van der Waals surface area contributed by atoms with Gasteiger partial charge >= 0.3 is 5.97 Å². The normalized spacial score (nSPS) is 11.4. The summed E-state index contributed by atoms with van der Waals surface area (Å²) in [7, 11) is 0. The Kier molecular flexibility index (Phi) is 12.3. The molecule has 0 radical (unpaired) electrons. The number of carbonyl (C=O) groups is 2. The monoisotopic (exact) mass is 403 g/mol.